The number of rotatable bonds is 2. The molecule has 3 heterocycles. The number of aryl methyl sites for hydroxylation is 1. The minimum Gasteiger partial charge on any atom is -0.338 e. The second kappa shape index (κ2) is 6.12. The fraction of sp³-hybridized carbons (Fsp3) is 0.611. The number of hydrogen-bond donors (Lipinski definition) is 1. The van der Waals surface area contributed by atoms with Crippen molar-refractivity contribution in [3.63, 3.8) is 0 Å². The van der Waals surface area contributed by atoms with Gasteiger partial charge in [0.25, 0.3) is 5.91 Å². The third-order valence-electron chi connectivity index (χ3n) is 5.75. The number of amides is 4. The maximum Gasteiger partial charge on any atom is 0.325 e. The summed E-state index contributed by atoms with van der Waals surface area (Å²) < 4.78 is 0. The lowest BCUT2D eigenvalue weighted by molar-refractivity contribution is -0.141. The highest BCUT2D eigenvalue weighted by Gasteiger charge is 2.54. The zero-order valence-electron chi connectivity index (χ0n) is 14.4. The lowest BCUT2D eigenvalue weighted by Crippen LogP contribution is -2.49. The van der Waals surface area contributed by atoms with Crippen LogP contribution in [0.3, 0.4) is 0 Å². The Labute approximate surface area is 151 Å². The van der Waals surface area contributed by atoms with Gasteiger partial charge in [0, 0.05) is 23.0 Å². The van der Waals surface area contributed by atoms with Crippen LogP contribution in [0.15, 0.2) is 11.4 Å². The van der Waals surface area contributed by atoms with E-state index in [0.717, 1.165) is 47.4 Å². The quantitative estimate of drug-likeness (QED) is 0.821. The number of hydrogen-bond acceptors (Lipinski definition) is 4. The van der Waals surface area contributed by atoms with Gasteiger partial charge in [-0.2, -0.15) is 0 Å². The predicted octanol–water partition coefficient (Wildman–Crippen LogP) is 2.23. The zero-order valence-corrected chi connectivity index (χ0v) is 15.2. The van der Waals surface area contributed by atoms with Crippen molar-refractivity contribution < 1.29 is 14.4 Å². The van der Waals surface area contributed by atoms with Gasteiger partial charge >= 0.3 is 6.03 Å². The molecule has 1 spiro atoms. The Kier molecular flexibility index (Phi) is 4.06. The van der Waals surface area contributed by atoms with Gasteiger partial charge in [-0.05, 0) is 56.9 Å². The molecule has 0 radical (unpaired) electrons. The second-order valence-electron chi connectivity index (χ2n) is 7.27. The first-order valence-corrected chi connectivity index (χ1v) is 9.91. The summed E-state index contributed by atoms with van der Waals surface area (Å²) in [5, 5.41) is 4.88. The van der Waals surface area contributed by atoms with Crippen LogP contribution >= 0.6 is 11.3 Å². The molecule has 6 nitrogen and oxygen atoms in total. The molecular weight excluding hydrogens is 338 g/mol. The van der Waals surface area contributed by atoms with Crippen molar-refractivity contribution in [2.75, 3.05) is 13.1 Å². The van der Waals surface area contributed by atoms with Crippen molar-refractivity contribution in [2.24, 2.45) is 0 Å². The zero-order chi connectivity index (χ0) is 17.6. The monoisotopic (exact) mass is 361 g/mol. The van der Waals surface area contributed by atoms with Crippen LogP contribution in [0.2, 0.25) is 0 Å². The molecule has 0 bridgehead atoms. The summed E-state index contributed by atoms with van der Waals surface area (Å²) in [6, 6.07) is 1.67. The highest BCUT2D eigenvalue weighted by molar-refractivity contribution is 7.10. The highest BCUT2D eigenvalue weighted by Crippen LogP contribution is 2.42. The first kappa shape index (κ1) is 16.6. The molecule has 1 aliphatic carbocycles. The molecule has 0 saturated carbocycles. The number of piperidine rings is 1. The van der Waals surface area contributed by atoms with Gasteiger partial charge in [0.1, 0.15) is 12.1 Å². The minimum absolute atomic E-state index is 0.130. The van der Waals surface area contributed by atoms with E-state index in [4.69, 9.17) is 0 Å². The smallest absolute Gasteiger partial charge is 0.325 e. The van der Waals surface area contributed by atoms with E-state index in [1.54, 1.807) is 11.3 Å². The molecule has 1 aromatic rings. The molecular formula is C18H23N3O3S. The van der Waals surface area contributed by atoms with E-state index in [2.05, 4.69) is 5.32 Å². The van der Waals surface area contributed by atoms with E-state index >= 15 is 0 Å². The summed E-state index contributed by atoms with van der Waals surface area (Å²) in [5.74, 6) is -0.399. The number of fused-ring (bicyclic) bond motifs is 2. The average Bonchev–Trinajstić information content (AvgIpc) is 3.16. The molecule has 2 fully saturated rings. The van der Waals surface area contributed by atoms with Crippen molar-refractivity contribution in [3.8, 4) is 0 Å². The number of thiophene rings is 1. The van der Waals surface area contributed by atoms with Crippen molar-refractivity contribution in [3.05, 3.63) is 21.9 Å². The number of likely N-dealkylation sites (tertiary alicyclic amines) is 1. The largest absolute Gasteiger partial charge is 0.338 e. The molecule has 25 heavy (non-hydrogen) atoms. The maximum absolute atomic E-state index is 13.1. The number of imide groups is 1. The van der Waals surface area contributed by atoms with Crippen LogP contribution in [0.1, 0.15) is 49.5 Å². The molecule has 1 N–H and O–H groups in total. The van der Waals surface area contributed by atoms with E-state index in [0.29, 0.717) is 13.0 Å². The normalized spacial score (nSPS) is 29.1. The third-order valence-corrected chi connectivity index (χ3v) is 6.73. The number of nitrogens with one attached hydrogen (secondary N) is 1. The molecule has 2 atom stereocenters. The Morgan fingerprint density at radius 2 is 2.20 bits per heavy atom. The standard InChI is InChI=1S/C18H23N3O3S/c1-12-5-2-3-9-20(12)15(22)11-21-16(23)18(19-17(21)24)8-4-6-14-13(18)7-10-25-14/h7,10,12H,2-6,8-9,11H2,1H3,(H,19,24)/t12-,18+/m0/s1. The van der Waals surface area contributed by atoms with Crippen molar-refractivity contribution >= 4 is 29.2 Å². The van der Waals surface area contributed by atoms with Gasteiger partial charge in [0.2, 0.25) is 5.91 Å². The molecule has 7 heteroatoms. The van der Waals surface area contributed by atoms with Crippen LogP contribution in [-0.4, -0.2) is 46.8 Å². The summed E-state index contributed by atoms with van der Waals surface area (Å²) in [6.07, 6.45) is 5.50. The number of carbonyl (C=O) groups is 3. The van der Waals surface area contributed by atoms with Gasteiger partial charge in [-0.1, -0.05) is 0 Å². The molecule has 2 saturated heterocycles. The molecule has 0 unspecified atom stereocenters. The Hall–Kier alpha value is -1.89. The lowest BCUT2D eigenvalue weighted by atomic mass is 9.80. The molecule has 134 valence electrons. The van der Waals surface area contributed by atoms with E-state index in [9.17, 15) is 14.4 Å². The van der Waals surface area contributed by atoms with Crippen LogP contribution in [0, 0.1) is 0 Å². The van der Waals surface area contributed by atoms with Crippen LogP contribution in [0.4, 0.5) is 4.79 Å². The van der Waals surface area contributed by atoms with Crippen molar-refractivity contribution in [1.82, 2.24) is 15.1 Å². The molecule has 2 aliphatic heterocycles. The number of nitrogens with zero attached hydrogens (tertiary/aromatic N) is 2. The van der Waals surface area contributed by atoms with Gasteiger partial charge in [-0.3, -0.25) is 14.5 Å². The Balaban J connectivity index is 1.56. The number of carbonyl (C=O) groups excluding carboxylic acids is 3. The van der Waals surface area contributed by atoms with E-state index in [1.165, 1.54) is 0 Å². The van der Waals surface area contributed by atoms with E-state index in [-0.39, 0.29) is 24.4 Å². The predicted molar refractivity (Wildman–Crippen MR) is 94.2 cm³/mol. The van der Waals surface area contributed by atoms with Crippen molar-refractivity contribution in [2.45, 2.75) is 57.0 Å². The molecule has 4 rings (SSSR count). The second-order valence-corrected chi connectivity index (χ2v) is 8.27. The molecule has 4 amide bonds. The summed E-state index contributed by atoms with van der Waals surface area (Å²) in [6.45, 7) is 2.59. The topological polar surface area (TPSA) is 69.7 Å². The fourth-order valence-corrected chi connectivity index (χ4v) is 5.38. The Morgan fingerprint density at radius 1 is 1.36 bits per heavy atom. The summed E-state index contributed by atoms with van der Waals surface area (Å²) in [4.78, 5) is 42.4. The molecule has 3 aliphatic rings. The Bertz CT molecular complexity index is 731. The lowest BCUT2D eigenvalue weighted by Gasteiger charge is -2.34. The summed E-state index contributed by atoms with van der Waals surface area (Å²) >= 11 is 1.63. The SMILES string of the molecule is C[C@H]1CCCCN1C(=O)CN1C(=O)N[C@@]2(CCCc3sccc32)C1=O. The summed E-state index contributed by atoms with van der Waals surface area (Å²) in [7, 11) is 0. The maximum atomic E-state index is 13.1. The first-order chi connectivity index (χ1) is 12.0. The highest BCUT2D eigenvalue weighted by atomic mass is 32.1. The summed E-state index contributed by atoms with van der Waals surface area (Å²) in [5.41, 5.74) is -0.0401. The van der Waals surface area contributed by atoms with Crippen LogP contribution in [-0.2, 0) is 21.5 Å². The van der Waals surface area contributed by atoms with Gasteiger partial charge in [0.05, 0.1) is 0 Å². The minimum atomic E-state index is -0.960. The van der Waals surface area contributed by atoms with Gasteiger partial charge in [-0.15, -0.1) is 11.3 Å². The van der Waals surface area contributed by atoms with Crippen LogP contribution < -0.4 is 5.32 Å². The van der Waals surface area contributed by atoms with Gasteiger partial charge in [0.15, 0.2) is 0 Å². The number of urea groups is 1. The van der Waals surface area contributed by atoms with E-state index in [1.807, 2.05) is 23.3 Å². The molecule has 1 aromatic heterocycles. The van der Waals surface area contributed by atoms with Crippen molar-refractivity contribution in [1.29, 1.82) is 0 Å². The van der Waals surface area contributed by atoms with Crippen LogP contribution in [0.25, 0.3) is 0 Å². The first-order valence-electron chi connectivity index (χ1n) is 9.03. The van der Waals surface area contributed by atoms with Gasteiger partial charge < -0.3 is 10.2 Å². The fourth-order valence-electron chi connectivity index (χ4n) is 4.38. The van der Waals surface area contributed by atoms with E-state index < -0.39 is 11.6 Å². The van der Waals surface area contributed by atoms with Gasteiger partial charge in [-0.25, -0.2) is 4.79 Å². The van der Waals surface area contributed by atoms with Crippen LogP contribution in [0.5, 0.6) is 0 Å². The Morgan fingerprint density at radius 3 is 3.00 bits per heavy atom. The average molecular weight is 361 g/mol. The molecule has 0 aromatic carbocycles. The third kappa shape index (κ3) is 2.56.